The molecule has 1 atom stereocenters. The Balaban J connectivity index is 2.55. The van der Waals surface area contributed by atoms with Gasteiger partial charge in [-0.15, -0.1) is 0 Å². The van der Waals surface area contributed by atoms with Crippen molar-refractivity contribution in [3.8, 4) is 0 Å². The minimum atomic E-state index is -0.0673. The van der Waals surface area contributed by atoms with Crippen LogP contribution in [0.3, 0.4) is 0 Å². The molecule has 1 nitrogen and oxygen atoms in total. The molecule has 0 aliphatic heterocycles. The molecular weight excluding hydrogens is 213 g/mol. The smallest absolute Gasteiger partial charge is 0.126 e. The molecule has 0 fully saturated rings. The minimum Gasteiger partial charge on any atom is -0.314 e. The first kappa shape index (κ1) is 14.2. The molecule has 0 saturated carbocycles. The standard InChI is InChI=1S/C15H24FN/c1-4-6-14(17-5-2)9-8-13-11-12(3)7-10-15(13)16/h7,10-11,14,17H,4-6,8-9H2,1-3H3. The van der Waals surface area contributed by atoms with Gasteiger partial charge < -0.3 is 5.32 Å². The number of nitrogens with one attached hydrogen (secondary N) is 1. The third kappa shape index (κ3) is 4.86. The van der Waals surface area contributed by atoms with Crippen LogP contribution in [0.4, 0.5) is 4.39 Å². The number of rotatable bonds is 7. The molecule has 0 saturated heterocycles. The summed E-state index contributed by atoms with van der Waals surface area (Å²) in [5.41, 5.74) is 1.99. The normalized spacial score (nSPS) is 12.7. The van der Waals surface area contributed by atoms with E-state index in [0.717, 1.165) is 30.5 Å². The summed E-state index contributed by atoms with van der Waals surface area (Å²) in [7, 11) is 0. The van der Waals surface area contributed by atoms with Gasteiger partial charge in [0, 0.05) is 6.04 Å². The van der Waals surface area contributed by atoms with E-state index in [4.69, 9.17) is 0 Å². The van der Waals surface area contributed by atoms with Crippen molar-refractivity contribution in [2.75, 3.05) is 6.54 Å². The van der Waals surface area contributed by atoms with Gasteiger partial charge in [0.25, 0.3) is 0 Å². The zero-order valence-corrected chi connectivity index (χ0v) is 11.2. The summed E-state index contributed by atoms with van der Waals surface area (Å²) >= 11 is 0. The Morgan fingerprint density at radius 1 is 1.24 bits per heavy atom. The summed E-state index contributed by atoms with van der Waals surface area (Å²) in [6.07, 6.45) is 4.18. The Morgan fingerprint density at radius 2 is 2.00 bits per heavy atom. The highest BCUT2D eigenvalue weighted by molar-refractivity contribution is 5.24. The lowest BCUT2D eigenvalue weighted by Gasteiger charge is -2.17. The predicted octanol–water partition coefficient (Wildman–Crippen LogP) is 3.84. The van der Waals surface area contributed by atoms with Gasteiger partial charge in [0.15, 0.2) is 0 Å². The van der Waals surface area contributed by atoms with Crippen LogP contribution in [0.1, 0.15) is 44.2 Å². The van der Waals surface area contributed by atoms with Gasteiger partial charge in [0.2, 0.25) is 0 Å². The van der Waals surface area contributed by atoms with Crippen molar-refractivity contribution < 1.29 is 4.39 Å². The molecule has 0 amide bonds. The molecule has 0 aliphatic rings. The maximum absolute atomic E-state index is 13.6. The van der Waals surface area contributed by atoms with E-state index in [-0.39, 0.29) is 5.82 Å². The Labute approximate surface area is 104 Å². The van der Waals surface area contributed by atoms with Crippen molar-refractivity contribution in [1.82, 2.24) is 5.32 Å². The Bertz CT molecular complexity index is 330. The molecule has 0 spiro atoms. The molecule has 0 radical (unpaired) electrons. The van der Waals surface area contributed by atoms with Gasteiger partial charge in [-0.05, 0) is 44.4 Å². The SMILES string of the molecule is CCCC(CCc1cc(C)ccc1F)NCC. The minimum absolute atomic E-state index is 0.0673. The van der Waals surface area contributed by atoms with Gasteiger partial charge >= 0.3 is 0 Å². The van der Waals surface area contributed by atoms with Crippen LogP contribution in [0.5, 0.6) is 0 Å². The zero-order valence-electron chi connectivity index (χ0n) is 11.2. The molecule has 0 aromatic heterocycles. The number of hydrogen-bond acceptors (Lipinski definition) is 1. The maximum Gasteiger partial charge on any atom is 0.126 e. The van der Waals surface area contributed by atoms with Crippen LogP contribution in [0.15, 0.2) is 18.2 Å². The van der Waals surface area contributed by atoms with E-state index in [9.17, 15) is 4.39 Å². The third-order valence-corrected chi connectivity index (χ3v) is 3.09. The van der Waals surface area contributed by atoms with Crippen molar-refractivity contribution in [3.63, 3.8) is 0 Å². The van der Waals surface area contributed by atoms with E-state index in [1.165, 1.54) is 12.8 Å². The highest BCUT2D eigenvalue weighted by Crippen LogP contribution is 2.14. The Hall–Kier alpha value is -0.890. The van der Waals surface area contributed by atoms with Crippen LogP contribution in [0.2, 0.25) is 0 Å². The molecule has 1 unspecified atom stereocenters. The Kier molecular flexibility index (Phi) is 6.20. The van der Waals surface area contributed by atoms with Crippen LogP contribution in [-0.2, 0) is 6.42 Å². The fraction of sp³-hybridized carbons (Fsp3) is 0.600. The van der Waals surface area contributed by atoms with E-state index in [1.807, 2.05) is 19.1 Å². The van der Waals surface area contributed by atoms with Crippen molar-refractivity contribution >= 4 is 0 Å². The number of hydrogen-bond donors (Lipinski definition) is 1. The molecule has 2 heteroatoms. The van der Waals surface area contributed by atoms with Crippen LogP contribution in [0.25, 0.3) is 0 Å². The van der Waals surface area contributed by atoms with Gasteiger partial charge in [-0.1, -0.05) is 38.0 Å². The average Bonchev–Trinajstić information content (AvgIpc) is 2.30. The lowest BCUT2D eigenvalue weighted by Crippen LogP contribution is -2.29. The van der Waals surface area contributed by atoms with Crippen LogP contribution < -0.4 is 5.32 Å². The second kappa shape index (κ2) is 7.44. The summed E-state index contributed by atoms with van der Waals surface area (Å²) in [4.78, 5) is 0. The highest BCUT2D eigenvalue weighted by Gasteiger charge is 2.08. The van der Waals surface area contributed by atoms with Gasteiger partial charge in [-0.3, -0.25) is 0 Å². The van der Waals surface area contributed by atoms with E-state index < -0.39 is 0 Å². The first-order valence-electron chi connectivity index (χ1n) is 6.65. The number of benzene rings is 1. The topological polar surface area (TPSA) is 12.0 Å². The van der Waals surface area contributed by atoms with Gasteiger partial charge in [0.05, 0.1) is 0 Å². The third-order valence-electron chi connectivity index (χ3n) is 3.09. The zero-order chi connectivity index (χ0) is 12.7. The highest BCUT2D eigenvalue weighted by atomic mass is 19.1. The summed E-state index contributed by atoms with van der Waals surface area (Å²) < 4.78 is 13.6. The molecule has 1 N–H and O–H groups in total. The summed E-state index contributed by atoms with van der Waals surface area (Å²) in [6.45, 7) is 7.31. The van der Waals surface area contributed by atoms with Gasteiger partial charge in [-0.25, -0.2) is 4.39 Å². The van der Waals surface area contributed by atoms with Crippen LogP contribution >= 0.6 is 0 Å². The van der Waals surface area contributed by atoms with E-state index in [2.05, 4.69) is 19.2 Å². The molecule has 17 heavy (non-hydrogen) atoms. The van der Waals surface area contributed by atoms with E-state index in [0.29, 0.717) is 6.04 Å². The molecule has 96 valence electrons. The first-order chi connectivity index (χ1) is 8.17. The second-order valence-electron chi connectivity index (χ2n) is 4.68. The molecule has 1 rings (SSSR count). The van der Waals surface area contributed by atoms with Gasteiger partial charge in [-0.2, -0.15) is 0 Å². The second-order valence-corrected chi connectivity index (χ2v) is 4.68. The number of aryl methyl sites for hydroxylation is 2. The fourth-order valence-corrected chi connectivity index (χ4v) is 2.21. The quantitative estimate of drug-likeness (QED) is 0.759. The molecule has 0 heterocycles. The summed E-state index contributed by atoms with van der Waals surface area (Å²) in [5, 5.41) is 3.47. The maximum atomic E-state index is 13.6. The van der Waals surface area contributed by atoms with E-state index >= 15 is 0 Å². The van der Waals surface area contributed by atoms with Crippen molar-refractivity contribution in [2.24, 2.45) is 0 Å². The molecule has 1 aromatic carbocycles. The van der Waals surface area contributed by atoms with Crippen molar-refractivity contribution in [3.05, 3.63) is 35.1 Å². The largest absolute Gasteiger partial charge is 0.314 e. The van der Waals surface area contributed by atoms with Crippen LogP contribution in [-0.4, -0.2) is 12.6 Å². The van der Waals surface area contributed by atoms with Gasteiger partial charge in [0.1, 0.15) is 5.82 Å². The monoisotopic (exact) mass is 237 g/mol. The lowest BCUT2D eigenvalue weighted by molar-refractivity contribution is 0.455. The molecule has 0 aliphatic carbocycles. The summed E-state index contributed by atoms with van der Waals surface area (Å²) in [6, 6.07) is 5.88. The molecule has 0 bridgehead atoms. The van der Waals surface area contributed by atoms with E-state index in [1.54, 1.807) is 6.07 Å². The predicted molar refractivity (Wildman–Crippen MR) is 71.8 cm³/mol. The lowest BCUT2D eigenvalue weighted by atomic mass is 10.0. The van der Waals surface area contributed by atoms with Crippen molar-refractivity contribution in [2.45, 2.75) is 52.5 Å². The molecular formula is C15H24FN. The Morgan fingerprint density at radius 3 is 2.65 bits per heavy atom. The molecule has 1 aromatic rings. The van der Waals surface area contributed by atoms with Crippen molar-refractivity contribution in [1.29, 1.82) is 0 Å². The first-order valence-corrected chi connectivity index (χ1v) is 6.65. The summed E-state index contributed by atoms with van der Waals surface area (Å²) in [5.74, 6) is -0.0673. The number of halogens is 1. The average molecular weight is 237 g/mol. The van der Waals surface area contributed by atoms with Crippen LogP contribution in [0, 0.1) is 12.7 Å². The fourth-order valence-electron chi connectivity index (χ4n) is 2.21.